The average molecular weight is 490 g/mol. The largest absolute Gasteiger partial charge is 0.508 e. The second-order valence-electron chi connectivity index (χ2n) is 7.88. The van der Waals surface area contributed by atoms with Crippen LogP contribution < -0.4 is 5.32 Å². The number of carboxylic acid groups (broad SMARTS) is 1. The zero-order valence-electron chi connectivity index (χ0n) is 17.8. The van der Waals surface area contributed by atoms with Crippen molar-refractivity contribution in [2.24, 2.45) is 0 Å². The van der Waals surface area contributed by atoms with Gasteiger partial charge in [0.2, 0.25) is 11.8 Å². The Morgan fingerprint density at radius 2 is 2.00 bits per heavy atom. The summed E-state index contributed by atoms with van der Waals surface area (Å²) in [5.74, 6) is -1.44. The SMILES string of the molecule is CSCC(=O)N[C@@H]1C(=O)N2C(C(=O)O)=C(/C=C3\CCN(Cc4ccc(O)cc4)C3=O)CS[C@H]12. The van der Waals surface area contributed by atoms with E-state index in [2.05, 4.69) is 5.32 Å². The minimum Gasteiger partial charge on any atom is -0.508 e. The zero-order valence-corrected chi connectivity index (χ0v) is 19.4. The molecular formula is C22H23N3O6S2. The molecule has 2 atom stereocenters. The molecule has 1 aromatic carbocycles. The van der Waals surface area contributed by atoms with Crippen LogP contribution in [0, 0.1) is 0 Å². The van der Waals surface area contributed by atoms with Crippen LogP contribution in [-0.2, 0) is 25.7 Å². The lowest BCUT2D eigenvalue weighted by molar-refractivity contribution is -0.150. The van der Waals surface area contributed by atoms with E-state index < -0.39 is 23.3 Å². The van der Waals surface area contributed by atoms with Crippen LogP contribution in [0.25, 0.3) is 0 Å². The van der Waals surface area contributed by atoms with Crippen LogP contribution in [0.1, 0.15) is 12.0 Å². The van der Waals surface area contributed by atoms with Gasteiger partial charge in [0.15, 0.2) is 0 Å². The number of fused-ring (bicyclic) bond motifs is 1. The molecule has 2 fully saturated rings. The predicted octanol–water partition coefficient (Wildman–Crippen LogP) is 1.15. The van der Waals surface area contributed by atoms with Crippen molar-refractivity contribution < 1.29 is 29.4 Å². The summed E-state index contributed by atoms with van der Waals surface area (Å²) in [4.78, 5) is 52.3. The van der Waals surface area contributed by atoms with Gasteiger partial charge in [-0.25, -0.2) is 4.79 Å². The molecule has 9 nitrogen and oxygen atoms in total. The van der Waals surface area contributed by atoms with Gasteiger partial charge in [0.05, 0.1) is 5.75 Å². The number of phenolic OH excluding ortho intramolecular Hbond substituents is 1. The van der Waals surface area contributed by atoms with Crippen molar-refractivity contribution >= 4 is 47.2 Å². The lowest BCUT2D eigenvalue weighted by Crippen LogP contribution is -2.70. The average Bonchev–Trinajstić information content (AvgIpc) is 3.12. The molecule has 0 unspecified atom stereocenters. The van der Waals surface area contributed by atoms with E-state index in [1.807, 2.05) is 0 Å². The quantitative estimate of drug-likeness (QED) is 0.385. The molecule has 0 aromatic heterocycles. The molecule has 174 valence electrons. The van der Waals surface area contributed by atoms with Crippen LogP contribution in [-0.4, -0.2) is 79.4 Å². The number of aromatic hydroxyl groups is 1. The maximum atomic E-state index is 12.9. The Kier molecular flexibility index (Phi) is 6.71. The number of hydrogen-bond acceptors (Lipinski definition) is 7. The number of carbonyl (C=O) groups is 4. The van der Waals surface area contributed by atoms with Crippen molar-refractivity contribution in [2.45, 2.75) is 24.4 Å². The number of benzene rings is 1. The van der Waals surface area contributed by atoms with Crippen molar-refractivity contribution in [3.05, 3.63) is 52.7 Å². The Bertz CT molecular complexity index is 1070. The number of phenols is 1. The predicted molar refractivity (Wildman–Crippen MR) is 124 cm³/mol. The maximum Gasteiger partial charge on any atom is 0.352 e. The van der Waals surface area contributed by atoms with Crippen molar-refractivity contribution in [1.29, 1.82) is 0 Å². The van der Waals surface area contributed by atoms with Crippen LogP contribution in [0.15, 0.2) is 47.2 Å². The van der Waals surface area contributed by atoms with Gasteiger partial charge in [0, 0.05) is 24.4 Å². The number of rotatable bonds is 7. The number of aliphatic carboxylic acids is 1. The van der Waals surface area contributed by atoms with Crippen LogP contribution >= 0.6 is 23.5 Å². The molecule has 3 amide bonds. The zero-order chi connectivity index (χ0) is 23.7. The topological polar surface area (TPSA) is 127 Å². The van der Waals surface area contributed by atoms with Crippen molar-refractivity contribution in [1.82, 2.24) is 15.1 Å². The summed E-state index contributed by atoms with van der Waals surface area (Å²) in [5.41, 5.74) is 1.67. The molecule has 0 bridgehead atoms. The standard InChI is InChI=1S/C22H23N3O6S2/c1-32-11-16(27)23-17-20(29)25-18(22(30)31)14(10-33-21(17)25)8-13-6-7-24(19(13)28)9-12-2-4-15(26)5-3-12/h2-5,8,17,21,26H,6-7,9-11H2,1H3,(H,23,27)(H,30,31)/b13-8+/t17-,21-/m1/s1. The first-order valence-corrected chi connectivity index (χ1v) is 12.7. The van der Waals surface area contributed by atoms with E-state index in [9.17, 15) is 29.4 Å². The van der Waals surface area contributed by atoms with Crippen LogP contribution in [0.2, 0.25) is 0 Å². The Labute approximate surface area is 198 Å². The molecule has 0 aliphatic carbocycles. The van der Waals surface area contributed by atoms with Gasteiger partial charge in [0.25, 0.3) is 5.91 Å². The first kappa shape index (κ1) is 23.2. The van der Waals surface area contributed by atoms with E-state index in [-0.39, 0.29) is 29.0 Å². The smallest absolute Gasteiger partial charge is 0.352 e. The molecule has 4 rings (SSSR count). The number of allylic oxidation sites excluding steroid dienone is 1. The Morgan fingerprint density at radius 1 is 1.27 bits per heavy atom. The summed E-state index contributed by atoms with van der Waals surface area (Å²) in [7, 11) is 0. The molecule has 0 radical (unpaired) electrons. The summed E-state index contributed by atoms with van der Waals surface area (Å²) in [6.07, 6.45) is 3.85. The van der Waals surface area contributed by atoms with Crippen LogP contribution in [0.3, 0.4) is 0 Å². The second kappa shape index (κ2) is 9.52. The molecule has 3 heterocycles. The van der Waals surface area contributed by atoms with Gasteiger partial charge >= 0.3 is 5.97 Å². The highest BCUT2D eigenvalue weighted by Crippen LogP contribution is 2.41. The molecule has 3 aliphatic rings. The third-order valence-electron chi connectivity index (χ3n) is 5.66. The number of carboxylic acids is 1. The van der Waals surface area contributed by atoms with Gasteiger partial charge in [-0.3, -0.25) is 19.3 Å². The second-order valence-corrected chi connectivity index (χ2v) is 9.85. The first-order chi connectivity index (χ1) is 15.8. The molecule has 0 saturated carbocycles. The Hall–Kier alpha value is -2.92. The first-order valence-electron chi connectivity index (χ1n) is 10.3. The Balaban J connectivity index is 1.51. The van der Waals surface area contributed by atoms with E-state index in [1.165, 1.54) is 28.4 Å². The highest BCUT2D eigenvalue weighted by Gasteiger charge is 2.54. The lowest BCUT2D eigenvalue weighted by atomic mass is 10.0. The van der Waals surface area contributed by atoms with Crippen molar-refractivity contribution in [2.75, 3.05) is 24.3 Å². The number of hydrogen-bond donors (Lipinski definition) is 3. The number of β-lactam (4-membered cyclic amide) rings is 1. The summed E-state index contributed by atoms with van der Waals surface area (Å²) in [5, 5.41) is 21.4. The molecular weight excluding hydrogens is 466 g/mol. The number of nitrogens with zero attached hydrogens (tertiary/aromatic N) is 2. The van der Waals surface area contributed by atoms with E-state index in [4.69, 9.17) is 0 Å². The minimum atomic E-state index is -1.24. The molecule has 33 heavy (non-hydrogen) atoms. The van der Waals surface area contributed by atoms with E-state index in [1.54, 1.807) is 41.5 Å². The number of thioether (sulfide) groups is 2. The maximum absolute atomic E-state index is 12.9. The van der Waals surface area contributed by atoms with Crippen molar-refractivity contribution in [3.8, 4) is 5.75 Å². The fourth-order valence-electron chi connectivity index (χ4n) is 4.08. The fraction of sp³-hybridized carbons (Fsp3) is 0.364. The third-order valence-corrected chi connectivity index (χ3v) is 7.52. The lowest BCUT2D eigenvalue weighted by Gasteiger charge is -2.49. The normalized spacial score (nSPS) is 23.6. The minimum absolute atomic E-state index is 0.128. The fourth-order valence-corrected chi connectivity index (χ4v) is 5.74. The summed E-state index contributed by atoms with van der Waals surface area (Å²) in [6.45, 7) is 0.892. The van der Waals surface area contributed by atoms with E-state index >= 15 is 0 Å². The van der Waals surface area contributed by atoms with Gasteiger partial charge in [-0.1, -0.05) is 12.1 Å². The highest BCUT2D eigenvalue weighted by molar-refractivity contribution is 8.00. The van der Waals surface area contributed by atoms with Gasteiger partial charge in [-0.15, -0.1) is 11.8 Å². The van der Waals surface area contributed by atoms with Crippen molar-refractivity contribution in [3.63, 3.8) is 0 Å². The van der Waals surface area contributed by atoms with Crippen LogP contribution in [0.4, 0.5) is 0 Å². The molecule has 2 saturated heterocycles. The molecule has 0 spiro atoms. The monoisotopic (exact) mass is 489 g/mol. The molecule has 1 aromatic rings. The summed E-state index contributed by atoms with van der Waals surface area (Å²) in [6, 6.07) is 5.88. The molecule has 11 heteroatoms. The van der Waals surface area contributed by atoms with E-state index in [0.29, 0.717) is 36.4 Å². The third kappa shape index (κ3) is 4.60. The number of nitrogens with one attached hydrogen (secondary N) is 1. The number of amides is 3. The van der Waals surface area contributed by atoms with Gasteiger partial charge < -0.3 is 20.4 Å². The Morgan fingerprint density at radius 3 is 2.67 bits per heavy atom. The van der Waals surface area contributed by atoms with Gasteiger partial charge in [-0.2, -0.15) is 11.8 Å². The summed E-state index contributed by atoms with van der Waals surface area (Å²) < 4.78 is 0. The van der Waals surface area contributed by atoms with Gasteiger partial charge in [0.1, 0.15) is 22.9 Å². The van der Waals surface area contributed by atoms with Gasteiger partial charge in [-0.05, 0) is 42.0 Å². The van der Waals surface area contributed by atoms with Crippen LogP contribution in [0.5, 0.6) is 5.75 Å². The molecule has 3 aliphatic heterocycles. The van der Waals surface area contributed by atoms with E-state index in [0.717, 1.165) is 5.56 Å². The molecule has 3 N–H and O–H groups in total. The highest BCUT2D eigenvalue weighted by atomic mass is 32.2. The number of likely N-dealkylation sites (tertiary alicyclic amines) is 1. The summed E-state index contributed by atoms with van der Waals surface area (Å²) >= 11 is 2.71. The number of carbonyl (C=O) groups excluding carboxylic acids is 3.